The van der Waals surface area contributed by atoms with E-state index in [1.54, 1.807) is 44.2 Å². The highest BCUT2D eigenvalue weighted by Crippen LogP contribution is 2.42. The number of ether oxygens (including phenoxy) is 1. The van der Waals surface area contributed by atoms with E-state index in [-0.39, 0.29) is 10.7 Å². The van der Waals surface area contributed by atoms with Gasteiger partial charge in [-0.2, -0.15) is 0 Å². The Balaban J connectivity index is 2.18. The average molecular weight is 411 g/mol. The minimum atomic E-state index is -3.31. The van der Waals surface area contributed by atoms with Crippen LogP contribution in [0.5, 0.6) is 0 Å². The molecule has 0 radical (unpaired) electrons. The molecule has 4 nitrogen and oxygen atoms in total. The molecule has 0 aliphatic carbocycles. The smallest absolute Gasteiger partial charge is 0.210 e. The van der Waals surface area contributed by atoms with Crippen molar-refractivity contribution in [2.45, 2.75) is 24.3 Å². The monoisotopic (exact) mass is 410 g/mol. The van der Waals surface area contributed by atoms with Crippen LogP contribution in [-0.4, -0.2) is 26.1 Å². The molecule has 0 aromatic heterocycles. The van der Waals surface area contributed by atoms with Gasteiger partial charge < -0.3 is 4.74 Å². The van der Waals surface area contributed by atoms with Crippen molar-refractivity contribution in [3.8, 4) is 0 Å². The van der Waals surface area contributed by atoms with E-state index >= 15 is 0 Å². The minimum absolute atomic E-state index is 0.182. The molecule has 0 bridgehead atoms. The summed E-state index contributed by atoms with van der Waals surface area (Å²) in [5.41, 5.74) is 0.557. The van der Waals surface area contributed by atoms with Crippen molar-refractivity contribution in [3.63, 3.8) is 0 Å². The van der Waals surface area contributed by atoms with Crippen LogP contribution in [-0.2, 0) is 19.4 Å². The van der Waals surface area contributed by atoms with Gasteiger partial charge >= 0.3 is 0 Å². The lowest BCUT2D eigenvalue weighted by Gasteiger charge is -2.17. The number of sulfone groups is 1. The lowest BCUT2D eigenvalue weighted by Crippen LogP contribution is -2.29. The molecule has 0 N–H and O–H groups in total. The standard InChI is InChI=1S/C19H16Cl2O4S/c1-19(2)18(22)16(12-6-9-14(20)15(21)10-12)17(25-19)11-4-7-13(8-5-11)26(3,23)24/h4-10H,1-3H3. The number of ketones is 1. The van der Waals surface area contributed by atoms with Crippen molar-refractivity contribution < 1.29 is 17.9 Å². The van der Waals surface area contributed by atoms with E-state index in [9.17, 15) is 13.2 Å². The Morgan fingerprint density at radius 3 is 2.04 bits per heavy atom. The Labute approximate surface area is 162 Å². The number of rotatable bonds is 3. The van der Waals surface area contributed by atoms with Gasteiger partial charge in [0.15, 0.2) is 15.4 Å². The molecule has 7 heteroatoms. The van der Waals surface area contributed by atoms with Gasteiger partial charge in [0.1, 0.15) is 5.76 Å². The third-order valence-electron chi connectivity index (χ3n) is 4.11. The molecule has 0 unspecified atom stereocenters. The van der Waals surface area contributed by atoms with Crippen molar-refractivity contribution in [1.82, 2.24) is 0 Å². The summed E-state index contributed by atoms with van der Waals surface area (Å²) in [6, 6.07) is 11.2. The lowest BCUT2D eigenvalue weighted by atomic mass is 9.93. The van der Waals surface area contributed by atoms with Crippen molar-refractivity contribution in [2.24, 2.45) is 0 Å². The quantitative estimate of drug-likeness (QED) is 0.738. The van der Waals surface area contributed by atoms with Crippen LogP contribution in [0.4, 0.5) is 0 Å². The summed E-state index contributed by atoms with van der Waals surface area (Å²) < 4.78 is 29.2. The van der Waals surface area contributed by atoms with Crippen molar-refractivity contribution in [2.75, 3.05) is 6.26 Å². The summed E-state index contributed by atoms with van der Waals surface area (Å²) in [4.78, 5) is 13.1. The van der Waals surface area contributed by atoms with Gasteiger partial charge in [0.05, 0.1) is 20.5 Å². The van der Waals surface area contributed by atoms with Gasteiger partial charge in [0, 0.05) is 11.8 Å². The van der Waals surface area contributed by atoms with Gasteiger partial charge in [0.2, 0.25) is 5.78 Å². The molecular weight excluding hydrogens is 395 g/mol. The van der Waals surface area contributed by atoms with Crippen LogP contribution in [0.15, 0.2) is 47.4 Å². The van der Waals surface area contributed by atoms with E-state index in [1.807, 2.05) is 0 Å². The highest BCUT2D eigenvalue weighted by Gasteiger charge is 2.42. The third kappa shape index (κ3) is 3.39. The fraction of sp³-hybridized carbons (Fsp3) is 0.211. The Bertz CT molecular complexity index is 1040. The highest BCUT2D eigenvalue weighted by molar-refractivity contribution is 7.90. The van der Waals surface area contributed by atoms with E-state index in [0.29, 0.717) is 32.5 Å². The van der Waals surface area contributed by atoms with E-state index in [2.05, 4.69) is 0 Å². The van der Waals surface area contributed by atoms with Crippen molar-refractivity contribution in [1.29, 1.82) is 0 Å². The maximum atomic E-state index is 12.9. The molecule has 3 rings (SSSR count). The first-order valence-corrected chi connectivity index (χ1v) is 10.4. The van der Waals surface area contributed by atoms with Crippen molar-refractivity contribution in [3.05, 3.63) is 63.6 Å². The largest absolute Gasteiger partial charge is 0.478 e. The molecule has 0 fully saturated rings. The summed E-state index contributed by atoms with van der Waals surface area (Å²) >= 11 is 12.1. The van der Waals surface area contributed by atoms with Gasteiger partial charge in [-0.25, -0.2) is 8.42 Å². The maximum absolute atomic E-state index is 12.9. The number of hydrogen-bond donors (Lipinski definition) is 0. The SMILES string of the molecule is CC1(C)OC(c2ccc(S(C)(=O)=O)cc2)=C(c2ccc(Cl)c(Cl)c2)C1=O. The number of hydrogen-bond acceptors (Lipinski definition) is 4. The molecule has 2 aromatic rings. The summed E-state index contributed by atoms with van der Waals surface area (Å²) in [6.07, 6.45) is 1.14. The predicted octanol–water partition coefficient (Wildman–Crippen LogP) is 4.64. The average Bonchev–Trinajstić information content (AvgIpc) is 2.80. The number of halogens is 2. The number of Topliss-reactive ketones (excluding diaryl/α,β-unsaturated/α-hetero) is 1. The van der Waals surface area contributed by atoms with Gasteiger partial charge in [-0.1, -0.05) is 29.3 Å². The van der Waals surface area contributed by atoms with Gasteiger partial charge in [-0.3, -0.25) is 4.79 Å². The summed E-state index contributed by atoms with van der Waals surface area (Å²) in [6.45, 7) is 3.37. The zero-order chi connectivity index (χ0) is 19.3. The molecule has 1 aliphatic rings. The molecule has 0 atom stereocenters. The Morgan fingerprint density at radius 2 is 1.50 bits per heavy atom. The summed E-state index contributed by atoms with van der Waals surface area (Å²) in [5, 5.41) is 0.724. The molecule has 0 spiro atoms. The van der Waals surface area contributed by atoms with Crippen LogP contribution in [0.25, 0.3) is 11.3 Å². The Hall–Kier alpha value is -1.82. The molecule has 0 saturated heterocycles. The molecule has 0 saturated carbocycles. The first kappa shape index (κ1) is 19.0. The van der Waals surface area contributed by atoms with Crippen molar-refractivity contribution >= 4 is 50.2 Å². The van der Waals surface area contributed by atoms with E-state index in [4.69, 9.17) is 27.9 Å². The molecule has 136 valence electrons. The van der Waals surface area contributed by atoms with Gasteiger partial charge in [-0.15, -0.1) is 0 Å². The fourth-order valence-electron chi connectivity index (χ4n) is 2.73. The fourth-order valence-corrected chi connectivity index (χ4v) is 3.66. The van der Waals surface area contributed by atoms with Crippen LogP contribution in [0.2, 0.25) is 10.0 Å². The molecule has 1 heterocycles. The van der Waals surface area contributed by atoms with E-state index in [0.717, 1.165) is 6.26 Å². The Morgan fingerprint density at radius 1 is 0.923 bits per heavy atom. The summed E-state index contributed by atoms with van der Waals surface area (Å²) in [5.74, 6) is 0.205. The molecule has 2 aromatic carbocycles. The number of carbonyl (C=O) groups excluding carboxylic acids is 1. The van der Waals surface area contributed by atoms with Crippen LogP contribution in [0.3, 0.4) is 0 Å². The van der Waals surface area contributed by atoms with Crippen LogP contribution < -0.4 is 0 Å². The molecule has 1 aliphatic heterocycles. The second-order valence-electron chi connectivity index (χ2n) is 6.57. The number of carbonyl (C=O) groups is 1. The number of benzene rings is 2. The molecular formula is C19H16Cl2O4S. The predicted molar refractivity (Wildman–Crippen MR) is 103 cm³/mol. The third-order valence-corrected chi connectivity index (χ3v) is 5.98. The first-order chi connectivity index (χ1) is 12.0. The first-order valence-electron chi connectivity index (χ1n) is 7.75. The summed E-state index contributed by atoms with van der Waals surface area (Å²) in [7, 11) is -3.31. The Kier molecular flexibility index (Phi) is 4.67. The van der Waals surface area contributed by atoms with Crippen LogP contribution >= 0.6 is 23.2 Å². The molecule has 26 heavy (non-hydrogen) atoms. The van der Waals surface area contributed by atoms with Crippen LogP contribution in [0, 0.1) is 0 Å². The molecule has 0 amide bonds. The normalized spacial score (nSPS) is 16.7. The topological polar surface area (TPSA) is 60.4 Å². The van der Waals surface area contributed by atoms with E-state index < -0.39 is 15.4 Å². The van der Waals surface area contributed by atoms with Gasteiger partial charge in [-0.05, 0) is 55.8 Å². The maximum Gasteiger partial charge on any atom is 0.210 e. The second kappa shape index (κ2) is 6.41. The zero-order valence-corrected chi connectivity index (χ0v) is 16.7. The minimum Gasteiger partial charge on any atom is -0.478 e. The van der Waals surface area contributed by atoms with Crippen LogP contribution in [0.1, 0.15) is 25.0 Å². The van der Waals surface area contributed by atoms with Gasteiger partial charge in [0.25, 0.3) is 0 Å². The second-order valence-corrected chi connectivity index (χ2v) is 9.40. The zero-order valence-electron chi connectivity index (χ0n) is 14.3. The van der Waals surface area contributed by atoms with E-state index in [1.165, 1.54) is 12.1 Å². The highest BCUT2D eigenvalue weighted by atomic mass is 35.5. The lowest BCUT2D eigenvalue weighted by molar-refractivity contribution is -0.125.